The number of nitrogens with zero attached hydrogens (tertiary/aromatic N) is 1. The minimum atomic E-state index is 0.523. The van der Waals surface area contributed by atoms with Crippen LogP contribution in [0.1, 0.15) is 12.1 Å². The third-order valence-corrected chi connectivity index (χ3v) is 2.63. The second-order valence-corrected chi connectivity index (χ2v) is 4.04. The van der Waals surface area contributed by atoms with Gasteiger partial charge in [0.25, 0.3) is 0 Å². The van der Waals surface area contributed by atoms with Crippen LogP contribution in [-0.2, 0) is 11.3 Å². The summed E-state index contributed by atoms with van der Waals surface area (Å²) in [4.78, 5) is 4.40. The van der Waals surface area contributed by atoms with Gasteiger partial charge in [-0.25, -0.2) is 4.98 Å². The number of ether oxygens (including phenoxy) is 2. The van der Waals surface area contributed by atoms with Crippen LogP contribution in [0.2, 0.25) is 0 Å². The minimum absolute atomic E-state index is 0.523. The second kappa shape index (κ2) is 5.82. The van der Waals surface area contributed by atoms with Crippen LogP contribution in [-0.4, -0.2) is 31.9 Å². The van der Waals surface area contributed by atoms with Crippen LogP contribution in [0, 0.1) is 5.92 Å². The molecule has 16 heavy (non-hydrogen) atoms. The first-order valence-electron chi connectivity index (χ1n) is 5.69. The smallest absolute Gasteiger partial charge is 0.213 e. The summed E-state index contributed by atoms with van der Waals surface area (Å²) in [5.41, 5.74) is 1.00. The van der Waals surface area contributed by atoms with E-state index < -0.39 is 0 Å². The quantitative estimate of drug-likeness (QED) is 0.813. The Kier molecular flexibility index (Phi) is 4.13. The van der Waals surface area contributed by atoms with Crippen LogP contribution in [0.25, 0.3) is 0 Å². The van der Waals surface area contributed by atoms with E-state index in [4.69, 9.17) is 9.47 Å². The molecule has 4 nitrogen and oxygen atoms in total. The fourth-order valence-electron chi connectivity index (χ4n) is 1.74. The standard InChI is InChI=1S/C12H18N2O2/c1-13-7-11-3-2-4-12(14-11)16-9-10-5-6-15-8-10/h2-4,10,13H,5-9H2,1H3. The molecule has 0 aliphatic carbocycles. The van der Waals surface area contributed by atoms with Gasteiger partial charge in [0, 0.05) is 25.1 Å². The fourth-order valence-corrected chi connectivity index (χ4v) is 1.74. The Morgan fingerprint density at radius 1 is 1.56 bits per heavy atom. The van der Waals surface area contributed by atoms with Gasteiger partial charge in [-0.1, -0.05) is 6.07 Å². The summed E-state index contributed by atoms with van der Waals surface area (Å²) in [5.74, 6) is 1.23. The lowest BCUT2D eigenvalue weighted by atomic mass is 10.1. The van der Waals surface area contributed by atoms with Gasteiger partial charge in [0.15, 0.2) is 0 Å². The van der Waals surface area contributed by atoms with E-state index in [1.54, 1.807) is 0 Å². The maximum Gasteiger partial charge on any atom is 0.213 e. The van der Waals surface area contributed by atoms with Crippen molar-refractivity contribution in [1.29, 1.82) is 0 Å². The molecular formula is C12H18N2O2. The number of hydrogen-bond donors (Lipinski definition) is 1. The van der Waals surface area contributed by atoms with Gasteiger partial charge in [0.05, 0.1) is 18.9 Å². The molecule has 1 aromatic heterocycles. The van der Waals surface area contributed by atoms with Crippen LogP contribution in [0.4, 0.5) is 0 Å². The number of nitrogens with one attached hydrogen (secondary N) is 1. The Hall–Kier alpha value is -1.13. The van der Waals surface area contributed by atoms with Crippen LogP contribution in [0.5, 0.6) is 5.88 Å². The Morgan fingerprint density at radius 2 is 2.50 bits per heavy atom. The molecule has 0 spiro atoms. The Morgan fingerprint density at radius 3 is 3.25 bits per heavy atom. The highest BCUT2D eigenvalue weighted by Crippen LogP contribution is 2.15. The van der Waals surface area contributed by atoms with Crippen molar-refractivity contribution >= 4 is 0 Å². The molecule has 0 amide bonds. The van der Waals surface area contributed by atoms with Crippen molar-refractivity contribution in [2.45, 2.75) is 13.0 Å². The van der Waals surface area contributed by atoms with Crippen molar-refractivity contribution < 1.29 is 9.47 Å². The molecule has 0 radical (unpaired) electrons. The lowest BCUT2D eigenvalue weighted by molar-refractivity contribution is 0.165. The molecule has 1 fully saturated rings. The third-order valence-electron chi connectivity index (χ3n) is 2.63. The van der Waals surface area contributed by atoms with Crippen molar-refractivity contribution in [1.82, 2.24) is 10.3 Å². The first-order valence-corrected chi connectivity index (χ1v) is 5.69. The third kappa shape index (κ3) is 3.18. The maximum atomic E-state index is 5.66. The van der Waals surface area contributed by atoms with Gasteiger partial charge in [0.1, 0.15) is 0 Å². The maximum absolute atomic E-state index is 5.66. The van der Waals surface area contributed by atoms with Crippen LogP contribution in [0.3, 0.4) is 0 Å². The summed E-state index contributed by atoms with van der Waals surface area (Å²) in [5, 5.41) is 3.07. The molecule has 2 rings (SSSR count). The summed E-state index contributed by atoms with van der Waals surface area (Å²) in [6.07, 6.45) is 1.09. The van der Waals surface area contributed by atoms with Gasteiger partial charge in [0.2, 0.25) is 5.88 Å². The highest BCUT2D eigenvalue weighted by molar-refractivity contribution is 5.15. The van der Waals surface area contributed by atoms with Gasteiger partial charge in [-0.2, -0.15) is 0 Å². The lowest BCUT2D eigenvalue weighted by Gasteiger charge is -2.10. The molecule has 1 aromatic rings. The van der Waals surface area contributed by atoms with E-state index in [1.165, 1.54) is 0 Å². The average Bonchev–Trinajstić information content (AvgIpc) is 2.80. The fraction of sp³-hybridized carbons (Fsp3) is 0.583. The van der Waals surface area contributed by atoms with Gasteiger partial charge in [-0.05, 0) is 19.5 Å². The van der Waals surface area contributed by atoms with Crippen molar-refractivity contribution in [3.8, 4) is 5.88 Å². The Labute approximate surface area is 96.0 Å². The highest BCUT2D eigenvalue weighted by atomic mass is 16.5. The molecule has 1 aliphatic heterocycles. The number of hydrogen-bond acceptors (Lipinski definition) is 4. The molecule has 1 saturated heterocycles. The number of pyridine rings is 1. The minimum Gasteiger partial charge on any atom is -0.477 e. The Bertz CT molecular complexity index is 325. The van der Waals surface area contributed by atoms with Crippen molar-refractivity contribution in [3.05, 3.63) is 23.9 Å². The lowest BCUT2D eigenvalue weighted by Crippen LogP contribution is -2.13. The zero-order chi connectivity index (χ0) is 11.2. The summed E-state index contributed by atoms with van der Waals surface area (Å²) in [7, 11) is 1.91. The van der Waals surface area contributed by atoms with Crippen LogP contribution in [0.15, 0.2) is 18.2 Å². The molecule has 0 saturated carbocycles. The molecular weight excluding hydrogens is 204 g/mol. The van der Waals surface area contributed by atoms with Crippen molar-refractivity contribution in [2.24, 2.45) is 5.92 Å². The van der Waals surface area contributed by atoms with Crippen molar-refractivity contribution in [3.63, 3.8) is 0 Å². The zero-order valence-electron chi connectivity index (χ0n) is 9.61. The van der Waals surface area contributed by atoms with E-state index in [0.717, 1.165) is 31.9 Å². The SMILES string of the molecule is CNCc1cccc(OCC2CCOC2)n1. The molecule has 1 unspecified atom stereocenters. The van der Waals surface area contributed by atoms with E-state index >= 15 is 0 Å². The first-order chi connectivity index (χ1) is 7.88. The van der Waals surface area contributed by atoms with Gasteiger partial charge in [-0.3, -0.25) is 0 Å². The Balaban J connectivity index is 1.85. The van der Waals surface area contributed by atoms with E-state index in [2.05, 4.69) is 10.3 Å². The topological polar surface area (TPSA) is 43.4 Å². The summed E-state index contributed by atoms with van der Waals surface area (Å²) < 4.78 is 11.0. The molecule has 0 aromatic carbocycles. The monoisotopic (exact) mass is 222 g/mol. The van der Waals surface area contributed by atoms with E-state index in [1.807, 2.05) is 25.2 Å². The van der Waals surface area contributed by atoms with Gasteiger partial charge >= 0.3 is 0 Å². The van der Waals surface area contributed by atoms with E-state index in [0.29, 0.717) is 18.4 Å². The summed E-state index contributed by atoms with van der Waals surface area (Å²) in [6.45, 7) is 3.15. The predicted molar refractivity (Wildman–Crippen MR) is 61.4 cm³/mol. The first kappa shape index (κ1) is 11.4. The largest absolute Gasteiger partial charge is 0.477 e. The molecule has 2 heterocycles. The summed E-state index contributed by atoms with van der Waals surface area (Å²) >= 11 is 0. The van der Waals surface area contributed by atoms with Crippen LogP contribution < -0.4 is 10.1 Å². The molecule has 88 valence electrons. The molecule has 1 N–H and O–H groups in total. The van der Waals surface area contributed by atoms with E-state index in [-0.39, 0.29) is 0 Å². The van der Waals surface area contributed by atoms with Gasteiger partial charge in [-0.15, -0.1) is 0 Å². The van der Waals surface area contributed by atoms with Gasteiger partial charge < -0.3 is 14.8 Å². The zero-order valence-corrected chi connectivity index (χ0v) is 9.61. The number of aromatic nitrogens is 1. The highest BCUT2D eigenvalue weighted by Gasteiger charge is 2.16. The molecule has 0 bridgehead atoms. The predicted octanol–water partition coefficient (Wildman–Crippen LogP) is 1.22. The van der Waals surface area contributed by atoms with E-state index in [9.17, 15) is 0 Å². The van der Waals surface area contributed by atoms with Crippen LogP contribution >= 0.6 is 0 Å². The number of rotatable bonds is 5. The second-order valence-electron chi connectivity index (χ2n) is 4.04. The molecule has 1 aliphatic rings. The van der Waals surface area contributed by atoms with Crippen molar-refractivity contribution in [2.75, 3.05) is 26.9 Å². The molecule has 1 atom stereocenters. The molecule has 4 heteroatoms. The average molecular weight is 222 g/mol. The summed E-state index contributed by atoms with van der Waals surface area (Å²) in [6, 6.07) is 5.86. The normalized spacial score (nSPS) is 19.9.